The Kier molecular flexibility index (Phi) is 4.41. The van der Waals surface area contributed by atoms with E-state index in [0.29, 0.717) is 0 Å². The van der Waals surface area contributed by atoms with E-state index in [4.69, 9.17) is 0 Å². The molecule has 0 radical (unpaired) electrons. The van der Waals surface area contributed by atoms with Gasteiger partial charge >= 0.3 is 11.4 Å². The van der Waals surface area contributed by atoms with Crippen LogP contribution in [0.15, 0.2) is 18.2 Å². The summed E-state index contributed by atoms with van der Waals surface area (Å²) in [7, 11) is 0. The molecule has 0 heterocycles. The smallest absolute Gasteiger partial charge is 0.299 e. The maximum atomic E-state index is 11.7. The van der Waals surface area contributed by atoms with Gasteiger partial charge in [0.2, 0.25) is 0 Å². The average molecular weight is 266 g/mol. The minimum absolute atomic E-state index is 0.0842. The fraction of sp³-hybridized carbons (Fsp3) is 0.273. The van der Waals surface area contributed by atoms with Gasteiger partial charge in [-0.15, -0.1) is 0 Å². The number of nitrogens with zero attached hydrogens (tertiary/aromatic N) is 2. The Balaban J connectivity index is 3.15. The molecule has 0 saturated heterocycles. The van der Waals surface area contributed by atoms with E-state index in [-0.39, 0.29) is 24.2 Å². The maximum Gasteiger partial charge on any atom is 0.346 e. The van der Waals surface area contributed by atoms with Gasteiger partial charge in [-0.1, -0.05) is 6.92 Å². The van der Waals surface area contributed by atoms with Crippen molar-refractivity contribution in [3.63, 3.8) is 0 Å². The predicted octanol–water partition coefficient (Wildman–Crippen LogP) is 2.05. The van der Waals surface area contributed by atoms with Gasteiger partial charge in [0.05, 0.1) is 16.3 Å². The molecule has 0 fully saturated rings. The van der Waals surface area contributed by atoms with Gasteiger partial charge in [-0.05, 0) is 6.07 Å². The van der Waals surface area contributed by atoms with E-state index in [0.717, 1.165) is 18.2 Å². The average Bonchev–Trinajstić information content (AvgIpc) is 2.37. The Morgan fingerprint density at radius 1 is 1.11 bits per heavy atom. The summed E-state index contributed by atoms with van der Waals surface area (Å²) in [4.78, 5) is 42.2. The van der Waals surface area contributed by atoms with Crippen molar-refractivity contribution in [1.82, 2.24) is 0 Å². The van der Waals surface area contributed by atoms with Crippen molar-refractivity contribution in [1.29, 1.82) is 0 Å². The molecule has 0 aromatic heterocycles. The number of Topliss-reactive ketones (excluding diaryl/α,β-unsaturated/α-hetero) is 2. The minimum atomic E-state index is -0.934. The van der Waals surface area contributed by atoms with E-state index in [1.54, 1.807) is 6.92 Å². The summed E-state index contributed by atoms with van der Waals surface area (Å²) in [6.45, 7) is 1.59. The van der Waals surface area contributed by atoms with E-state index in [9.17, 15) is 29.8 Å². The van der Waals surface area contributed by atoms with E-state index in [1.807, 2.05) is 0 Å². The number of carbonyl (C=O) groups is 2. The van der Waals surface area contributed by atoms with Crippen molar-refractivity contribution < 1.29 is 19.4 Å². The Morgan fingerprint density at radius 2 is 1.68 bits per heavy atom. The van der Waals surface area contributed by atoms with E-state index in [1.165, 1.54) is 0 Å². The molecule has 100 valence electrons. The quantitative estimate of drug-likeness (QED) is 0.336. The zero-order valence-corrected chi connectivity index (χ0v) is 9.99. The van der Waals surface area contributed by atoms with Crippen molar-refractivity contribution >= 4 is 22.9 Å². The first kappa shape index (κ1) is 14.4. The molecule has 1 aromatic carbocycles. The van der Waals surface area contributed by atoms with Gasteiger partial charge in [0.1, 0.15) is 5.78 Å². The van der Waals surface area contributed by atoms with Crippen LogP contribution in [0.1, 0.15) is 30.1 Å². The first-order valence-electron chi connectivity index (χ1n) is 5.34. The van der Waals surface area contributed by atoms with Gasteiger partial charge < -0.3 is 0 Å². The lowest BCUT2D eigenvalue weighted by Gasteiger charge is -2.00. The van der Waals surface area contributed by atoms with Crippen LogP contribution in [-0.4, -0.2) is 21.4 Å². The maximum absolute atomic E-state index is 11.7. The Bertz CT molecular complexity index is 566. The third kappa shape index (κ3) is 3.41. The molecule has 0 N–H and O–H groups in total. The fourth-order valence-corrected chi connectivity index (χ4v) is 1.40. The lowest BCUT2D eigenvalue weighted by atomic mass is 10.0. The molecule has 0 spiro atoms. The summed E-state index contributed by atoms with van der Waals surface area (Å²) in [5, 5.41) is 21.3. The largest absolute Gasteiger partial charge is 0.346 e. The van der Waals surface area contributed by atoms with Crippen LogP contribution < -0.4 is 0 Å². The Hall–Kier alpha value is -2.64. The second kappa shape index (κ2) is 5.80. The van der Waals surface area contributed by atoms with Crippen molar-refractivity contribution in [2.45, 2.75) is 19.8 Å². The molecule has 8 nitrogen and oxygen atoms in total. The van der Waals surface area contributed by atoms with Crippen LogP contribution in [0, 0.1) is 20.2 Å². The number of nitro groups is 2. The molecule has 0 bridgehead atoms. The van der Waals surface area contributed by atoms with Crippen LogP contribution in [0.3, 0.4) is 0 Å². The summed E-state index contributed by atoms with van der Waals surface area (Å²) in [6, 6.07) is 2.82. The summed E-state index contributed by atoms with van der Waals surface area (Å²) >= 11 is 0. The first-order valence-corrected chi connectivity index (χ1v) is 5.34. The highest BCUT2D eigenvalue weighted by molar-refractivity contribution is 6.08. The summed E-state index contributed by atoms with van der Waals surface area (Å²) < 4.78 is 0. The van der Waals surface area contributed by atoms with Crippen LogP contribution in [0.25, 0.3) is 0 Å². The summed E-state index contributed by atoms with van der Waals surface area (Å²) in [6.07, 6.45) is -0.188. The number of hydrogen-bond donors (Lipinski definition) is 0. The zero-order chi connectivity index (χ0) is 14.6. The number of carbonyl (C=O) groups excluding carboxylic acids is 2. The molecule has 19 heavy (non-hydrogen) atoms. The van der Waals surface area contributed by atoms with Crippen LogP contribution in [-0.2, 0) is 4.79 Å². The van der Waals surface area contributed by atoms with Gasteiger partial charge in [-0.25, -0.2) is 0 Å². The number of nitro benzene ring substituents is 2. The molecule has 0 atom stereocenters. The van der Waals surface area contributed by atoms with E-state index < -0.39 is 27.0 Å². The number of hydrogen-bond acceptors (Lipinski definition) is 6. The van der Waals surface area contributed by atoms with Crippen LogP contribution in [0.5, 0.6) is 0 Å². The van der Waals surface area contributed by atoms with E-state index >= 15 is 0 Å². The molecule has 1 aromatic rings. The number of rotatable bonds is 6. The van der Waals surface area contributed by atoms with Crippen LogP contribution >= 0.6 is 0 Å². The second-order valence-electron chi connectivity index (χ2n) is 3.71. The summed E-state index contributed by atoms with van der Waals surface area (Å²) in [5.74, 6) is -0.893. The van der Waals surface area contributed by atoms with Gasteiger partial charge in [0.15, 0.2) is 5.78 Å². The third-order valence-electron chi connectivity index (χ3n) is 2.44. The molecular weight excluding hydrogens is 256 g/mol. The fourth-order valence-electron chi connectivity index (χ4n) is 1.40. The number of benzene rings is 1. The van der Waals surface area contributed by atoms with E-state index in [2.05, 4.69) is 0 Å². The molecule has 0 saturated carbocycles. The SMILES string of the molecule is CCC(=O)CC(=O)c1ccc([N+](=O)[O-])c([N+](=O)[O-])c1. The molecule has 1 rings (SSSR count). The van der Waals surface area contributed by atoms with Crippen LogP contribution in [0.2, 0.25) is 0 Å². The van der Waals surface area contributed by atoms with Gasteiger partial charge in [0, 0.05) is 24.1 Å². The Morgan fingerprint density at radius 3 is 2.16 bits per heavy atom. The topological polar surface area (TPSA) is 120 Å². The highest BCUT2D eigenvalue weighted by Crippen LogP contribution is 2.27. The van der Waals surface area contributed by atoms with Crippen molar-refractivity contribution in [2.24, 2.45) is 0 Å². The third-order valence-corrected chi connectivity index (χ3v) is 2.44. The lowest BCUT2D eigenvalue weighted by molar-refractivity contribution is -0.422. The molecule has 0 unspecified atom stereocenters. The van der Waals surface area contributed by atoms with Crippen molar-refractivity contribution in [3.05, 3.63) is 44.0 Å². The molecule has 0 aliphatic heterocycles. The standard InChI is InChI=1S/C11H10N2O6/c1-2-8(14)6-11(15)7-3-4-9(12(16)17)10(5-7)13(18)19/h3-5H,2,6H2,1H3. The summed E-state index contributed by atoms with van der Waals surface area (Å²) in [5.41, 5.74) is -1.54. The van der Waals surface area contributed by atoms with Gasteiger partial charge in [-0.3, -0.25) is 29.8 Å². The molecule has 0 amide bonds. The van der Waals surface area contributed by atoms with Crippen molar-refractivity contribution in [2.75, 3.05) is 0 Å². The van der Waals surface area contributed by atoms with Crippen molar-refractivity contribution in [3.8, 4) is 0 Å². The normalized spacial score (nSPS) is 9.95. The van der Waals surface area contributed by atoms with Gasteiger partial charge in [0.25, 0.3) is 0 Å². The molecule has 0 aliphatic rings. The Labute approximate surface area is 107 Å². The molecule has 0 aliphatic carbocycles. The minimum Gasteiger partial charge on any atom is -0.299 e. The predicted molar refractivity (Wildman–Crippen MR) is 64.0 cm³/mol. The zero-order valence-electron chi connectivity index (χ0n) is 9.99. The lowest BCUT2D eigenvalue weighted by Crippen LogP contribution is -2.08. The molecular formula is C11H10N2O6. The second-order valence-corrected chi connectivity index (χ2v) is 3.71. The monoisotopic (exact) mass is 266 g/mol. The highest BCUT2D eigenvalue weighted by Gasteiger charge is 2.25. The number of ketones is 2. The van der Waals surface area contributed by atoms with Crippen LogP contribution in [0.4, 0.5) is 11.4 Å². The first-order chi connectivity index (χ1) is 8.86. The molecule has 8 heteroatoms. The highest BCUT2D eigenvalue weighted by atomic mass is 16.6. The van der Waals surface area contributed by atoms with Gasteiger partial charge in [-0.2, -0.15) is 0 Å².